The quantitative estimate of drug-likeness (QED) is 0.659. The van der Waals surface area contributed by atoms with Crippen LogP contribution in [-0.2, 0) is 10.0 Å². The lowest BCUT2D eigenvalue weighted by atomic mass is 10.3. The van der Waals surface area contributed by atoms with Crippen LogP contribution in [0.3, 0.4) is 0 Å². The number of aromatic nitrogens is 4. The lowest BCUT2D eigenvalue weighted by molar-refractivity contribution is 0.383. The molecule has 0 aliphatic carbocycles. The molecule has 0 spiro atoms. The van der Waals surface area contributed by atoms with E-state index in [1.54, 1.807) is 29.2 Å². The van der Waals surface area contributed by atoms with Gasteiger partial charge in [0.05, 0.1) is 4.90 Å². The molecule has 3 aromatic rings. The Kier molecular flexibility index (Phi) is 4.81. The van der Waals surface area contributed by atoms with E-state index in [9.17, 15) is 8.42 Å². The second-order valence-electron chi connectivity index (χ2n) is 6.05. The standard InChI is InChI=1S/C17H17ClN6O2S/c18-14-2-4-15(5-3-14)27(25,26)23-12-10-22(11-13-23)16-6-7-17(21-20-16)24-9-1-8-19-24/h1-9H,10-13H2. The molecule has 2 aromatic heterocycles. The molecule has 0 radical (unpaired) electrons. The zero-order valence-electron chi connectivity index (χ0n) is 14.3. The summed E-state index contributed by atoms with van der Waals surface area (Å²) in [5, 5.41) is 13.1. The zero-order valence-corrected chi connectivity index (χ0v) is 15.9. The lowest BCUT2D eigenvalue weighted by Crippen LogP contribution is -2.49. The number of halogens is 1. The Labute approximate surface area is 162 Å². The van der Waals surface area contributed by atoms with Gasteiger partial charge in [0.1, 0.15) is 0 Å². The molecule has 0 N–H and O–H groups in total. The number of sulfonamides is 1. The minimum absolute atomic E-state index is 0.253. The van der Waals surface area contributed by atoms with Crippen LogP contribution in [0.5, 0.6) is 0 Å². The molecule has 1 aliphatic heterocycles. The summed E-state index contributed by atoms with van der Waals surface area (Å²) in [7, 11) is -3.52. The molecule has 0 unspecified atom stereocenters. The largest absolute Gasteiger partial charge is 0.352 e. The number of hydrogen-bond acceptors (Lipinski definition) is 6. The van der Waals surface area contributed by atoms with Crippen molar-refractivity contribution in [1.82, 2.24) is 24.3 Å². The Morgan fingerprint density at radius 3 is 2.15 bits per heavy atom. The van der Waals surface area contributed by atoms with Gasteiger partial charge in [-0.2, -0.15) is 9.40 Å². The Hall–Kier alpha value is -2.49. The predicted octanol–water partition coefficient (Wildman–Crippen LogP) is 1.83. The van der Waals surface area contributed by atoms with Gasteiger partial charge in [-0.3, -0.25) is 0 Å². The summed E-state index contributed by atoms with van der Waals surface area (Å²) < 4.78 is 28.6. The van der Waals surface area contributed by atoms with Crippen LogP contribution in [-0.4, -0.2) is 58.9 Å². The average Bonchev–Trinajstić information content (AvgIpc) is 3.23. The van der Waals surface area contributed by atoms with Gasteiger partial charge < -0.3 is 4.90 Å². The second kappa shape index (κ2) is 7.26. The zero-order chi connectivity index (χ0) is 18.9. The van der Waals surface area contributed by atoms with E-state index in [2.05, 4.69) is 15.3 Å². The minimum atomic E-state index is -3.52. The number of piperazine rings is 1. The Morgan fingerprint density at radius 2 is 1.56 bits per heavy atom. The number of benzene rings is 1. The van der Waals surface area contributed by atoms with Crippen LogP contribution in [0.1, 0.15) is 0 Å². The fourth-order valence-electron chi connectivity index (χ4n) is 2.93. The van der Waals surface area contributed by atoms with Gasteiger partial charge in [0.2, 0.25) is 10.0 Å². The summed E-state index contributed by atoms with van der Waals surface area (Å²) in [4.78, 5) is 2.28. The maximum Gasteiger partial charge on any atom is 0.243 e. The topological polar surface area (TPSA) is 84.2 Å². The maximum absolute atomic E-state index is 12.7. The molecule has 3 heterocycles. The highest BCUT2D eigenvalue weighted by atomic mass is 35.5. The first kappa shape index (κ1) is 17.9. The molecular formula is C17H17ClN6O2S. The molecule has 10 heteroatoms. The highest BCUT2D eigenvalue weighted by Gasteiger charge is 2.29. The van der Waals surface area contributed by atoms with Gasteiger partial charge in [0.25, 0.3) is 0 Å². The normalized spacial score (nSPS) is 15.8. The summed E-state index contributed by atoms with van der Waals surface area (Å²) >= 11 is 5.84. The molecular weight excluding hydrogens is 388 g/mol. The molecule has 27 heavy (non-hydrogen) atoms. The van der Waals surface area contributed by atoms with Crippen molar-refractivity contribution in [2.24, 2.45) is 0 Å². The van der Waals surface area contributed by atoms with E-state index >= 15 is 0 Å². The van der Waals surface area contributed by atoms with Gasteiger partial charge in [-0.15, -0.1) is 10.2 Å². The summed E-state index contributed by atoms with van der Waals surface area (Å²) in [6.07, 6.45) is 3.47. The third-order valence-corrected chi connectivity index (χ3v) is 6.55. The van der Waals surface area contributed by atoms with Gasteiger partial charge >= 0.3 is 0 Å². The van der Waals surface area contributed by atoms with Crippen molar-refractivity contribution >= 4 is 27.4 Å². The third kappa shape index (κ3) is 3.66. The smallest absolute Gasteiger partial charge is 0.243 e. The fourth-order valence-corrected chi connectivity index (χ4v) is 4.47. The van der Waals surface area contributed by atoms with Gasteiger partial charge in [0, 0.05) is 43.6 Å². The molecule has 0 saturated carbocycles. The fraction of sp³-hybridized carbons (Fsp3) is 0.235. The van der Waals surface area contributed by atoms with Crippen LogP contribution in [0.4, 0.5) is 5.82 Å². The molecule has 0 amide bonds. The number of nitrogens with zero attached hydrogens (tertiary/aromatic N) is 6. The van der Waals surface area contributed by atoms with E-state index in [1.165, 1.54) is 16.4 Å². The summed E-state index contributed by atoms with van der Waals surface area (Å²) in [6.45, 7) is 1.85. The third-order valence-electron chi connectivity index (χ3n) is 4.39. The summed E-state index contributed by atoms with van der Waals surface area (Å²) in [5.41, 5.74) is 0. The first-order valence-electron chi connectivity index (χ1n) is 8.38. The summed E-state index contributed by atoms with van der Waals surface area (Å²) in [5.74, 6) is 1.35. The van der Waals surface area contributed by atoms with Crippen LogP contribution < -0.4 is 4.90 Å². The number of anilines is 1. The molecule has 1 fully saturated rings. The van der Waals surface area contributed by atoms with Crippen molar-refractivity contribution in [3.8, 4) is 5.82 Å². The molecule has 1 aromatic carbocycles. The predicted molar refractivity (Wildman–Crippen MR) is 102 cm³/mol. The van der Waals surface area contributed by atoms with Crippen LogP contribution in [0.2, 0.25) is 5.02 Å². The lowest BCUT2D eigenvalue weighted by Gasteiger charge is -2.34. The van der Waals surface area contributed by atoms with E-state index < -0.39 is 10.0 Å². The Balaban J connectivity index is 1.43. The van der Waals surface area contributed by atoms with Crippen molar-refractivity contribution in [3.05, 3.63) is 59.9 Å². The monoisotopic (exact) mass is 404 g/mol. The molecule has 0 atom stereocenters. The molecule has 0 bridgehead atoms. The van der Waals surface area contributed by atoms with E-state index in [1.807, 2.05) is 23.1 Å². The summed E-state index contributed by atoms with van der Waals surface area (Å²) in [6, 6.07) is 11.8. The van der Waals surface area contributed by atoms with Crippen molar-refractivity contribution in [3.63, 3.8) is 0 Å². The minimum Gasteiger partial charge on any atom is -0.352 e. The van der Waals surface area contributed by atoms with Gasteiger partial charge in [-0.05, 0) is 42.5 Å². The van der Waals surface area contributed by atoms with Gasteiger partial charge in [0.15, 0.2) is 11.6 Å². The van der Waals surface area contributed by atoms with Gasteiger partial charge in [-0.1, -0.05) is 11.6 Å². The molecule has 8 nitrogen and oxygen atoms in total. The van der Waals surface area contributed by atoms with E-state index in [0.717, 1.165) is 5.82 Å². The first-order chi connectivity index (χ1) is 13.0. The molecule has 4 rings (SSSR count). The SMILES string of the molecule is O=S(=O)(c1ccc(Cl)cc1)N1CCN(c2ccc(-n3cccn3)nn2)CC1. The highest BCUT2D eigenvalue weighted by Crippen LogP contribution is 2.21. The first-order valence-corrected chi connectivity index (χ1v) is 10.2. The number of rotatable bonds is 4. The van der Waals surface area contributed by atoms with Crippen molar-refractivity contribution < 1.29 is 8.42 Å². The Bertz CT molecular complexity index is 999. The maximum atomic E-state index is 12.7. The van der Waals surface area contributed by atoms with Crippen LogP contribution in [0.25, 0.3) is 5.82 Å². The van der Waals surface area contributed by atoms with Crippen molar-refractivity contribution in [1.29, 1.82) is 0 Å². The van der Waals surface area contributed by atoms with Crippen LogP contribution in [0, 0.1) is 0 Å². The highest BCUT2D eigenvalue weighted by molar-refractivity contribution is 7.89. The van der Waals surface area contributed by atoms with Crippen molar-refractivity contribution in [2.75, 3.05) is 31.1 Å². The van der Waals surface area contributed by atoms with Crippen LogP contribution in [0.15, 0.2) is 59.8 Å². The molecule has 140 valence electrons. The number of hydrogen-bond donors (Lipinski definition) is 0. The average molecular weight is 405 g/mol. The van der Waals surface area contributed by atoms with Gasteiger partial charge in [-0.25, -0.2) is 13.1 Å². The molecule has 1 aliphatic rings. The second-order valence-corrected chi connectivity index (χ2v) is 8.42. The van der Waals surface area contributed by atoms with Crippen molar-refractivity contribution in [2.45, 2.75) is 4.90 Å². The van der Waals surface area contributed by atoms with Crippen LogP contribution >= 0.6 is 11.6 Å². The van der Waals surface area contributed by atoms with E-state index in [-0.39, 0.29) is 4.90 Å². The molecule has 1 saturated heterocycles. The Morgan fingerprint density at radius 1 is 0.889 bits per heavy atom. The van der Waals surface area contributed by atoms with E-state index in [4.69, 9.17) is 11.6 Å². The van der Waals surface area contributed by atoms with E-state index in [0.29, 0.717) is 37.0 Å².